The number of likely N-dealkylation sites (tertiary alicyclic amines) is 1. The molecular weight excluding hydrogens is 519 g/mol. The fourth-order valence-corrected chi connectivity index (χ4v) is 6.89. The van der Waals surface area contributed by atoms with Crippen molar-refractivity contribution >= 4 is 23.4 Å². The minimum Gasteiger partial charge on any atom is -0.339 e. The first-order valence-electron chi connectivity index (χ1n) is 13.5. The van der Waals surface area contributed by atoms with Crippen molar-refractivity contribution in [1.29, 1.82) is 0 Å². The molecule has 9 heteroatoms. The normalized spacial score (nSPS) is 25.2. The van der Waals surface area contributed by atoms with Crippen molar-refractivity contribution in [2.45, 2.75) is 56.9 Å². The van der Waals surface area contributed by atoms with Crippen molar-refractivity contribution in [2.24, 2.45) is 5.92 Å². The lowest BCUT2D eigenvalue weighted by Gasteiger charge is -2.42. The molecule has 2 aromatic carbocycles. The lowest BCUT2D eigenvalue weighted by atomic mass is 9.76. The number of amides is 2. The highest BCUT2D eigenvalue weighted by Gasteiger charge is 2.51. The fourth-order valence-electron chi connectivity index (χ4n) is 6.89. The lowest BCUT2D eigenvalue weighted by molar-refractivity contribution is -0.142. The molecule has 2 aliphatic heterocycles. The number of ketones is 1. The summed E-state index contributed by atoms with van der Waals surface area (Å²) in [5.74, 6) is -4.77. The molecule has 1 saturated heterocycles. The van der Waals surface area contributed by atoms with E-state index in [0.717, 1.165) is 22.8 Å². The molecule has 6 rings (SSSR count). The molecule has 1 spiro atoms. The zero-order valence-corrected chi connectivity index (χ0v) is 22.1. The lowest BCUT2D eigenvalue weighted by Crippen LogP contribution is -2.50. The summed E-state index contributed by atoms with van der Waals surface area (Å²) in [7, 11) is 0. The summed E-state index contributed by atoms with van der Waals surface area (Å²) in [5.41, 5.74) is 2.26. The maximum Gasteiger partial charge on any atom is 0.237 e. The minimum absolute atomic E-state index is 0.0973. The topological polar surface area (TPSA) is 79.4 Å². The molecule has 6 nitrogen and oxygen atoms in total. The van der Waals surface area contributed by atoms with Crippen molar-refractivity contribution in [2.75, 3.05) is 11.9 Å². The van der Waals surface area contributed by atoms with Gasteiger partial charge in [0.2, 0.25) is 11.8 Å². The van der Waals surface area contributed by atoms with Gasteiger partial charge in [-0.1, -0.05) is 18.2 Å². The number of piperidine rings is 1. The summed E-state index contributed by atoms with van der Waals surface area (Å²) in [6.07, 6.45) is 2.55. The molecule has 3 aromatic rings. The molecule has 0 saturated carbocycles. The number of Topliss-reactive ketones (excluding diaryl/α,β-unsaturated/α-hetero) is 1. The number of halogens is 3. The summed E-state index contributed by atoms with van der Waals surface area (Å²) in [6, 6.07) is 10.0. The van der Waals surface area contributed by atoms with Crippen molar-refractivity contribution in [3.63, 3.8) is 0 Å². The second-order valence-electron chi connectivity index (χ2n) is 11.1. The van der Waals surface area contributed by atoms with Gasteiger partial charge in [0, 0.05) is 54.2 Å². The third-order valence-electron chi connectivity index (χ3n) is 8.94. The van der Waals surface area contributed by atoms with Gasteiger partial charge in [0.05, 0.1) is 5.41 Å². The van der Waals surface area contributed by atoms with Crippen LogP contribution in [0.3, 0.4) is 0 Å². The van der Waals surface area contributed by atoms with Crippen LogP contribution in [0, 0.1) is 23.4 Å². The second-order valence-corrected chi connectivity index (χ2v) is 11.1. The average molecular weight is 548 g/mol. The third-order valence-corrected chi connectivity index (χ3v) is 8.94. The van der Waals surface area contributed by atoms with Gasteiger partial charge in [0.1, 0.15) is 11.6 Å². The van der Waals surface area contributed by atoms with E-state index in [1.54, 1.807) is 43.1 Å². The van der Waals surface area contributed by atoms with Crippen molar-refractivity contribution < 1.29 is 27.6 Å². The van der Waals surface area contributed by atoms with E-state index in [4.69, 9.17) is 0 Å². The molecule has 2 amide bonds. The van der Waals surface area contributed by atoms with Gasteiger partial charge in [-0.15, -0.1) is 0 Å². The van der Waals surface area contributed by atoms with Gasteiger partial charge < -0.3 is 10.2 Å². The second kappa shape index (κ2) is 9.57. The largest absolute Gasteiger partial charge is 0.339 e. The highest BCUT2D eigenvalue weighted by Crippen LogP contribution is 2.47. The molecule has 206 valence electrons. The quantitative estimate of drug-likeness (QED) is 0.356. The monoisotopic (exact) mass is 547 g/mol. The predicted octanol–water partition coefficient (Wildman–Crippen LogP) is 5.10. The smallest absolute Gasteiger partial charge is 0.237 e. The number of carbonyl (C=O) groups excluding carboxylic acids is 3. The van der Waals surface area contributed by atoms with Crippen LogP contribution < -0.4 is 5.32 Å². The molecular formula is C31H28F3N3O3. The Morgan fingerprint density at radius 1 is 1.10 bits per heavy atom. The molecule has 0 bridgehead atoms. The standard InChI is InChI=1S/C31H28F3N3O3/c1-3-37-16(2)22(23-12-21(32)13-25(33)27(23)34)10-19(29(37)39)11-26(38)17-6-7-18-14-31(15-20(18)9-17)24-5-4-8-35-28(24)36-30(31)40/h4-9,12-13,16,19,22H,3,10-11,14-15H2,1-2H3,(H,35,36,40)/t16-,19-,22-,31-/m1/s1. The highest BCUT2D eigenvalue weighted by atomic mass is 19.2. The Bertz CT molecular complexity index is 1570. The van der Waals surface area contributed by atoms with Crippen molar-refractivity contribution in [1.82, 2.24) is 9.88 Å². The number of likely N-dealkylation sites (N-methyl/N-ethyl adjacent to an activating group) is 1. The first-order valence-corrected chi connectivity index (χ1v) is 13.5. The Hall–Kier alpha value is -4.01. The van der Waals surface area contributed by atoms with Gasteiger partial charge in [-0.2, -0.15) is 0 Å². The van der Waals surface area contributed by atoms with Crippen LogP contribution in [0.2, 0.25) is 0 Å². The van der Waals surface area contributed by atoms with Crippen LogP contribution in [0.1, 0.15) is 65.2 Å². The van der Waals surface area contributed by atoms with Crippen LogP contribution in [0.5, 0.6) is 0 Å². The summed E-state index contributed by atoms with van der Waals surface area (Å²) >= 11 is 0. The predicted molar refractivity (Wildman–Crippen MR) is 141 cm³/mol. The molecule has 1 aromatic heterocycles. The Morgan fingerprint density at radius 2 is 1.88 bits per heavy atom. The molecule has 1 fully saturated rings. The average Bonchev–Trinajstić information content (AvgIpc) is 3.45. The van der Waals surface area contributed by atoms with E-state index >= 15 is 0 Å². The maximum absolute atomic E-state index is 14.8. The Kier molecular flexibility index (Phi) is 6.27. The van der Waals surface area contributed by atoms with E-state index in [1.807, 2.05) is 12.1 Å². The van der Waals surface area contributed by atoms with Gasteiger partial charge in [0.25, 0.3) is 0 Å². The van der Waals surface area contributed by atoms with Crippen LogP contribution in [0.15, 0.2) is 48.7 Å². The van der Waals surface area contributed by atoms with Gasteiger partial charge >= 0.3 is 0 Å². The highest BCUT2D eigenvalue weighted by molar-refractivity contribution is 6.06. The van der Waals surface area contributed by atoms with E-state index in [-0.39, 0.29) is 36.0 Å². The molecule has 3 aliphatic rings. The number of anilines is 1. The van der Waals surface area contributed by atoms with Crippen LogP contribution in [-0.4, -0.2) is 40.1 Å². The summed E-state index contributed by atoms with van der Waals surface area (Å²) in [4.78, 5) is 45.6. The number of nitrogens with one attached hydrogen (secondary N) is 1. The molecule has 3 heterocycles. The van der Waals surface area contributed by atoms with E-state index in [1.165, 1.54) is 0 Å². The number of pyridine rings is 1. The van der Waals surface area contributed by atoms with Crippen LogP contribution in [-0.2, 0) is 27.8 Å². The van der Waals surface area contributed by atoms with E-state index in [0.29, 0.717) is 36.8 Å². The number of nitrogens with zero attached hydrogens (tertiary/aromatic N) is 2. The number of aromatic nitrogens is 1. The number of benzene rings is 2. The van der Waals surface area contributed by atoms with Gasteiger partial charge in [0.15, 0.2) is 17.4 Å². The number of hydrogen-bond acceptors (Lipinski definition) is 4. The summed E-state index contributed by atoms with van der Waals surface area (Å²) in [6.45, 7) is 3.83. The Balaban J connectivity index is 1.25. The zero-order chi connectivity index (χ0) is 28.3. The van der Waals surface area contributed by atoms with E-state index < -0.39 is 40.7 Å². The summed E-state index contributed by atoms with van der Waals surface area (Å²) in [5, 5.41) is 2.87. The third kappa shape index (κ3) is 4.01. The molecule has 1 N–H and O–H groups in total. The maximum atomic E-state index is 14.8. The molecule has 0 unspecified atom stereocenters. The number of rotatable bonds is 5. The Morgan fingerprint density at radius 3 is 2.65 bits per heavy atom. The van der Waals surface area contributed by atoms with Gasteiger partial charge in [-0.05, 0) is 68.0 Å². The van der Waals surface area contributed by atoms with Gasteiger partial charge in [-0.25, -0.2) is 18.2 Å². The Labute approximate surface area is 229 Å². The zero-order valence-electron chi connectivity index (χ0n) is 22.1. The molecule has 40 heavy (non-hydrogen) atoms. The van der Waals surface area contributed by atoms with Crippen molar-refractivity contribution in [3.05, 3.63) is 93.9 Å². The van der Waals surface area contributed by atoms with E-state index in [2.05, 4.69) is 10.3 Å². The van der Waals surface area contributed by atoms with E-state index in [9.17, 15) is 27.6 Å². The van der Waals surface area contributed by atoms with Crippen LogP contribution in [0.4, 0.5) is 19.0 Å². The first kappa shape index (κ1) is 26.2. The first-order chi connectivity index (χ1) is 19.1. The van der Waals surface area contributed by atoms with Crippen LogP contribution in [0.25, 0.3) is 0 Å². The number of hydrogen-bond donors (Lipinski definition) is 1. The summed E-state index contributed by atoms with van der Waals surface area (Å²) < 4.78 is 42.8. The minimum atomic E-state index is -1.28. The molecule has 0 radical (unpaired) electrons. The fraction of sp³-hybridized carbons (Fsp3) is 0.355. The molecule has 4 atom stereocenters. The van der Waals surface area contributed by atoms with Gasteiger partial charge in [-0.3, -0.25) is 14.4 Å². The van der Waals surface area contributed by atoms with Crippen molar-refractivity contribution in [3.8, 4) is 0 Å². The molecule has 1 aliphatic carbocycles. The number of fused-ring (bicyclic) bond motifs is 3. The van der Waals surface area contributed by atoms with Crippen LogP contribution >= 0.6 is 0 Å². The SMILES string of the molecule is CCN1C(=O)[C@@H](CC(=O)c2ccc3c(c2)C[C@@]2(C3)C(=O)Nc3ncccc32)C[C@@H](c2cc(F)cc(F)c2F)[C@H]1C. The number of carbonyl (C=O) groups is 3.